The van der Waals surface area contributed by atoms with Crippen molar-refractivity contribution in [2.75, 3.05) is 32.0 Å². The summed E-state index contributed by atoms with van der Waals surface area (Å²) >= 11 is 0. The average molecular weight is 317 g/mol. The van der Waals surface area contributed by atoms with Crippen molar-refractivity contribution < 1.29 is 18.0 Å². The lowest BCUT2D eigenvalue weighted by Crippen LogP contribution is -2.43. The summed E-state index contributed by atoms with van der Waals surface area (Å²) in [4.78, 5) is 12.7. The summed E-state index contributed by atoms with van der Waals surface area (Å²) in [5.74, 6) is 0.196. The molecule has 1 aromatic heterocycles. The molecule has 0 aromatic carbocycles. The normalized spacial score (nSPS) is 17.3. The van der Waals surface area contributed by atoms with Crippen LogP contribution >= 0.6 is 0 Å². The zero-order valence-electron chi connectivity index (χ0n) is 12.2. The zero-order chi connectivity index (χ0) is 16.2. The predicted octanol–water partition coefficient (Wildman–Crippen LogP) is 1.27. The third-order valence-corrected chi connectivity index (χ3v) is 3.47. The Balaban J connectivity index is 1.82. The Kier molecular flexibility index (Phi) is 5.17. The van der Waals surface area contributed by atoms with Crippen molar-refractivity contribution in [3.63, 3.8) is 0 Å². The van der Waals surface area contributed by atoms with Gasteiger partial charge in [0, 0.05) is 26.2 Å². The molecule has 0 unspecified atom stereocenters. The number of halogens is 3. The van der Waals surface area contributed by atoms with Crippen LogP contribution in [0.15, 0.2) is 12.1 Å². The van der Waals surface area contributed by atoms with Crippen molar-refractivity contribution in [3.05, 3.63) is 17.8 Å². The molecule has 1 aromatic rings. The molecule has 0 saturated carbocycles. The van der Waals surface area contributed by atoms with Gasteiger partial charge in [-0.3, -0.25) is 9.69 Å². The van der Waals surface area contributed by atoms with Crippen LogP contribution in [0.25, 0.3) is 0 Å². The van der Waals surface area contributed by atoms with Crippen LogP contribution in [0, 0.1) is 0 Å². The number of nitrogens with zero attached hydrogens (tertiary/aromatic N) is 3. The maximum Gasteiger partial charge on any atom is 0.401 e. The topological polar surface area (TPSA) is 70.2 Å². The van der Waals surface area contributed by atoms with Gasteiger partial charge in [0.1, 0.15) is 5.82 Å². The molecule has 0 radical (unpaired) electrons. The lowest BCUT2D eigenvalue weighted by molar-refractivity contribution is -0.147. The number of carbonyl (C=O) groups excluding carboxylic acids is 1. The summed E-state index contributed by atoms with van der Waals surface area (Å²) in [6.45, 7) is -0.0811. The molecule has 2 heterocycles. The molecule has 2 rings (SSSR count). The van der Waals surface area contributed by atoms with Gasteiger partial charge < -0.3 is 10.6 Å². The number of alkyl halides is 3. The molecule has 122 valence electrons. The van der Waals surface area contributed by atoms with E-state index >= 15 is 0 Å². The second-order valence-electron chi connectivity index (χ2n) is 5.19. The highest BCUT2D eigenvalue weighted by atomic mass is 19.4. The highest BCUT2D eigenvalue weighted by Crippen LogP contribution is 2.21. The standard InChI is InChI=1S/C13H18F3N5O/c1-17-12(22)10-2-3-11(20-19-10)18-9-4-6-21(7-5-9)8-13(14,15)16/h2-3,9H,4-8H2,1H3,(H,17,22)(H,18,20). The Bertz CT molecular complexity index is 497. The van der Waals surface area contributed by atoms with E-state index in [1.807, 2.05) is 0 Å². The van der Waals surface area contributed by atoms with E-state index in [2.05, 4.69) is 20.8 Å². The van der Waals surface area contributed by atoms with Crippen LogP contribution in [0.2, 0.25) is 0 Å². The first-order valence-electron chi connectivity index (χ1n) is 6.99. The molecule has 1 fully saturated rings. The number of carbonyl (C=O) groups is 1. The number of likely N-dealkylation sites (tertiary alicyclic amines) is 1. The predicted molar refractivity (Wildman–Crippen MR) is 74.6 cm³/mol. The van der Waals surface area contributed by atoms with E-state index in [0.29, 0.717) is 31.7 Å². The Labute approximate surface area is 126 Å². The van der Waals surface area contributed by atoms with Crippen molar-refractivity contribution in [1.82, 2.24) is 20.4 Å². The van der Waals surface area contributed by atoms with Crippen LogP contribution in [-0.4, -0.2) is 59.9 Å². The summed E-state index contributed by atoms with van der Waals surface area (Å²) in [6, 6.07) is 3.25. The summed E-state index contributed by atoms with van der Waals surface area (Å²) in [5.41, 5.74) is 0.216. The number of amides is 1. The monoisotopic (exact) mass is 317 g/mol. The molecule has 1 aliphatic heterocycles. The molecule has 1 saturated heterocycles. The second-order valence-corrected chi connectivity index (χ2v) is 5.19. The maximum atomic E-state index is 12.3. The van der Waals surface area contributed by atoms with E-state index in [0.717, 1.165) is 0 Å². The minimum atomic E-state index is -4.15. The van der Waals surface area contributed by atoms with Gasteiger partial charge in [-0.2, -0.15) is 13.2 Å². The Morgan fingerprint density at radius 1 is 1.32 bits per heavy atom. The van der Waals surface area contributed by atoms with Crippen LogP contribution < -0.4 is 10.6 Å². The minimum Gasteiger partial charge on any atom is -0.366 e. The molecule has 0 spiro atoms. The number of nitrogens with one attached hydrogen (secondary N) is 2. The molecule has 0 aliphatic carbocycles. The van der Waals surface area contributed by atoms with Crippen LogP contribution in [0.1, 0.15) is 23.3 Å². The highest BCUT2D eigenvalue weighted by molar-refractivity contribution is 5.91. The number of aromatic nitrogens is 2. The van der Waals surface area contributed by atoms with Crippen LogP contribution in [0.4, 0.5) is 19.0 Å². The van der Waals surface area contributed by atoms with Gasteiger partial charge in [-0.15, -0.1) is 10.2 Å². The molecule has 1 amide bonds. The summed E-state index contributed by atoms with van der Waals surface area (Å²) in [6.07, 6.45) is -2.94. The first kappa shape index (κ1) is 16.5. The van der Waals surface area contributed by atoms with E-state index in [1.54, 1.807) is 12.1 Å². The fourth-order valence-corrected chi connectivity index (χ4v) is 2.36. The first-order chi connectivity index (χ1) is 10.4. The second kappa shape index (κ2) is 6.91. The maximum absolute atomic E-state index is 12.3. The van der Waals surface area contributed by atoms with E-state index in [1.165, 1.54) is 11.9 Å². The van der Waals surface area contributed by atoms with Crippen molar-refractivity contribution in [2.24, 2.45) is 0 Å². The smallest absolute Gasteiger partial charge is 0.366 e. The lowest BCUT2D eigenvalue weighted by atomic mass is 10.1. The van der Waals surface area contributed by atoms with Crippen molar-refractivity contribution in [1.29, 1.82) is 0 Å². The fourth-order valence-electron chi connectivity index (χ4n) is 2.36. The molecular formula is C13H18F3N5O. The van der Waals surface area contributed by atoms with Crippen LogP contribution in [0.5, 0.6) is 0 Å². The van der Waals surface area contributed by atoms with E-state index in [4.69, 9.17) is 0 Å². The minimum absolute atomic E-state index is 0.0598. The van der Waals surface area contributed by atoms with Gasteiger partial charge in [0.25, 0.3) is 5.91 Å². The fraction of sp³-hybridized carbons (Fsp3) is 0.615. The molecule has 0 atom stereocenters. The quantitative estimate of drug-likeness (QED) is 0.875. The number of hydrogen-bond donors (Lipinski definition) is 2. The molecule has 0 bridgehead atoms. The van der Waals surface area contributed by atoms with Crippen molar-refractivity contribution in [2.45, 2.75) is 25.1 Å². The van der Waals surface area contributed by atoms with Gasteiger partial charge in [-0.1, -0.05) is 0 Å². The molecule has 2 N–H and O–H groups in total. The van der Waals surface area contributed by atoms with Gasteiger partial charge in [0.05, 0.1) is 6.54 Å². The Hall–Kier alpha value is -1.90. The van der Waals surface area contributed by atoms with Gasteiger partial charge >= 0.3 is 6.18 Å². The Morgan fingerprint density at radius 2 is 2.00 bits per heavy atom. The summed E-state index contributed by atoms with van der Waals surface area (Å²) in [7, 11) is 1.50. The van der Waals surface area contributed by atoms with E-state index in [9.17, 15) is 18.0 Å². The van der Waals surface area contributed by atoms with Gasteiger partial charge in [-0.05, 0) is 25.0 Å². The number of rotatable bonds is 4. The SMILES string of the molecule is CNC(=O)c1ccc(NC2CCN(CC(F)(F)F)CC2)nn1. The van der Waals surface area contributed by atoms with Crippen LogP contribution in [0.3, 0.4) is 0 Å². The summed E-state index contributed by atoms with van der Waals surface area (Å²) in [5, 5.41) is 13.3. The highest BCUT2D eigenvalue weighted by Gasteiger charge is 2.32. The number of anilines is 1. The van der Waals surface area contributed by atoms with Crippen molar-refractivity contribution in [3.8, 4) is 0 Å². The molecular weight excluding hydrogens is 299 g/mol. The third kappa shape index (κ3) is 4.83. The molecule has 6 nitrogen and oxygen atoms in total. The van der Waals surface area contributed by atoms with E-state index in [-0.39, 0.29) is 17.6 Å². The lowest BCUT2D eigenvalue weighted by Gasteiger charge is -2.32. The van der Waals surface area contributed by atoms with Crippen LogP contribution in [-0.2, 0) is 0 Å². The number of hydrogen-bond acceptors (Lipinski definition) is 5. The molecule has 9 heteroatoms. The summed E-state index contributed by atoms with van der Waals surface area (Å²) < 4.78 is 36.9. The third-order valence-electron chi connectivity index (χ3n) is 3.47. The Morgan fingerprint density at radius 3 is 2.50 bits per heavy atom. The van der Waals surface area contributed by atoms with Gasteiger partial charge in [0.2, 0.25) is 0 Å². The average Bonchev–Trinajstić information content (AvgIpc) is 2.48. The van der Waals surface area contributed by atoms with Crippen molar-refractivity contribution >= 4 is 11.7 Å². The number of piperidine rings is 1. The van der Waals surface area contributed by atoms with E-state index < -0.39 is 12.7 Å². The largest absolute Gasteiger partial charge is 0.401 e. The first-order valence-corrected chi connectivity index (χ1v) is 6.99. The van der Waals surface area contributed by atoms with Gasteiger partial charge in [0.15, 0.2) is 5.69 Å². The molecule has 1 aliphatic rings. The zero-order valence-corrected chi connectivity index (χ0v) is 12.2. The van der Waals surface area contributed by atoms with Gasteiger partial charge in [-0.25, -0.2) is 0 Å². The molecule has 22 heavy (non-hydrogen) atoms.